The van der Waals surface area contributed by atoms with Gasteiger partial charge in [-0.2, -0.15) is 0 Å². The van der Waals surface area contributed by atoms with Crippen LogP contribution in [0.3, 0.4) is 0 Å². The van der Waals surface area contributed by atoms with Gasteiger partial charge in [0.2, 0.25) is 11.8 Å². The standard InChI is InChI=1S/C25H29NO4/c1-17-9-5-6-12-20(17)23(18-10-3-2-4-11-18)30-16-19(27)15-26-24(28)21-13-7-8-14-22(21)25(26)29/h2-6,9-12,19,21-23,27H,7-8,13-16H2,1H3/t19-,21-,22+,23+/m0/s1. The number of amides is 2. The van der Waals surface area contributed by atoms with E-state index < -0.39 is 6.10 Å². The van der Waals surface area contributed by atoms with Gasteiger partial charge >= 0.3 is 0 Å². The second-order valence-electron chi connectivity index (χ2n) is 8.42. The summed E-state index contributed by atoms with van der Waals surface area (Å²) in [6.07, 6.45) is 2.30. The molecule has 1 saturated carbocycles. The number of carbonyl (C=O) groups excluding carboxylic acids is 2. The first-order valence-corrected chi connectivity index (χ1v) is 10.8. The highest BCUT2D eigenvalue weighted by Gasteiger charge is 2.48. The summed E-state index contributed by atoms with van der Waals surface area (Å²) in [6.45, 7) is 2.08. The van der Waals surface area contributed by atoms with Gasteiger partial charge in [0.25, 0.3) is 0 Å². The van der Waals surface area contributed by atoms with Crippen molar-refractivity contribution in [2.24, 2.45) is 11.8 Å². The maximum atomic E-state index is 12.7. The van der Waals surface area contributed by atoms with Crippen molar-refractivity contribution in [1.82, 2.24) is 4.90 Å². The maximum Gasteiger partial charge on any atom is 0.233 e. The Kier molecular flexibility index (Phi) is 6.30. The quantitative estimate of drug-likeness (QED) is 0.712. The Balaban J connectivity index is 1.44. The number of rotatable bonds is 7. The number of aliphatic hydroxyl groups is 1. The van der Waals surface area contributed by atoms with Gasteiger partial charge in [-0.25, -0.2) is 0 Å². The van der Waals surface area contributed by atoms with Crippen LogP contribution in [-0.2, 0) is 14.3 Å². The fourth-order valence-electron chi connectivity index (χ4n) is 4.76. The molecule has 1 saturated heterocycles. The zero-order valence-electron chi connectivity index (χ0n) is 17.4. The predicted octanol–water partition coefficient (Wildman–Crippen LogP) is 3.64. The monoisotopic (exact) mass is 407 g/mol. The number of benzene rings is 2. The van der Waals surface area contributed by atoms with Gasteiger partial charge in [-0.05, 0) is 36.5 Å². The Bertz CT molecular complexity index is 873. The lowest BCUT2D eigenvalue weighted by molar-refractivity contribution is -0.142. The fraction of sp³-hybridized carbons (Fsp3) is 0.440. The summed E-state index contributed by atoms with van der Waals surface area (Å²) in [5.41, 5.74) is 3.14. The SMILES string of the molecule is Cc1ccccc1[C@H](OC[C@@H](O)CN1C(=O)[C@H]2CCCC[C@H]2C1=O)c1ccccc1. The van der Waals surface area contributed by atoms with Crippen molar-refractivity contribution >= 4 is 11.8 Å². The topological polar surface area (TPSA) is 66.8 Å². The summed E-state index contributed by atoms with van der Waals surface area (Å²) in [4.78, 5) is 26.6. The smallest absolute Gasteiger partial charge is 0.233 e. The number of hydrogen-bond donors (Lipinski definition) is 1. The van der Waals surface area contributed by atoms with Crippen LogP contribution in [0.4, 0.5) is 0 Å². The average molecular weight is 408 g/mol. The number of likely N-dealkylation sites (tertiary alicyclic amines) is 1. The second kappa shape index (κ2) is 9.11. The van der Waals surface area contributed by atoms with E-state index in [9.17, 15) is 14.7 Å². The van der Waals surface area contributed by atoms with Gasteiger partial charge in [-0.3, -0.25) is 14.5 Å². The first kappa shape index (κ1) is 20.8. The van der Waals surface area contributed by atoms with Gasteiger partial charge in [-0.15, -0.1) is 0 Å². The molecule has 2 fully saturated rings. The molecule has 0 bridgehead atoms. The number of carbonyl (C=O) groups is 2. The third-order valence-electron chi connectivity index (χ3n) is 6.35. The molecule has 2 aromatic carbocycles. The zero-order valence-corrected chi connectivity index (χ0v) is 17.4. The van der Waals surface area contributed by atoms with Crippen LogP contribution in [0, 0.1) is 18.8 Å². The number of imide groups is 1. The van der Waals surface area contributed by atoms with Crippen LogP contribution < -0.4 is 0 Å². The Labute approximate surface area is 177 Å². The van der Waals surface area contributed by atoms with E-state index in [0.29, 0.717) is 0 Å². The molecule has 1 aliphatic heterocycles. The summed E-state index contributed by atoms with van der Waals surface area (Å²) < 4.78 is 6.16. The molecule has 0 unspecified atom stereocenters. The Hall–Kier alpha value is -2.50. The third kappa shape index (κ3) is 4.18. The van der Waals surface area contributed by atoms with Gasteiger partial charge in [0.15, 0.2) is 0 Å². The largest absolute Gasteiger partial charge is 0.389 e. The number of aliphatic hydroxyl groups excluding tert-OH is 1. The second-order valence-corrected chi connectivity index (χ2v) is 8.42. The minimum atomic E-state index is -0.923. The van der Waals surface area contributed by atoms with E-state index in [-0.39, 0.29) is 42.9 Å². The summed E-state index contributed by atoms with van der Waals surface area (Å²) in [6, 6.07) is 17.9. The number of fused-ring (bicyclic) bond motifs is 1. The molecule has 0 radical (unpaired) electrons. The lowest BCUT2D eigenvalue weighted by Gasteiger charge is -2.24. The number of ether oxygens (including phenoxy) is 1. The summed E-state index contributed by atoms with van der Waals surface area (Å²) in [7, 11) is 0. The van der Waals surface area contributed by atoms with E-state index in [0.717, 1.165) is 42.4 Å². The van der Waals surface area contributed by atoms with E-state index in [4.69, 9.17) is 4.74 Å². The van der Waals surface area contributed by atoms with Crippen molar-refractivity contribution in [3.05, 3.63) is 71.3 Å². The van der Waals surface area contributed by atoms with E-state index >= 15 is 0 Å². The third-order valence-corrected chi connectivity index (χ3v) is 6.35. The van der Waals surface area contributed by atoms with Crippen molar-refractivity contribution < 1.29 is 19.4 Å². The van der Waals surface area contributed by atoms with Gasteiger partial charge in [-0.1, -0.05) is 67.4 Å². The van der Waals surface area contributed by atoms with Gasteiger partial charge in [0.1, 0.15) is 6.10 Å². The van der Waals surface area contributed by atoms with Gasteiger partial charge in [0.05, 0.1) is 31.1 Å². The minimum Gasteiger partial charge on any atom is -0.389 e. The molecule has 5 heteroatoms. The van der Waals surface area contributed by atoms with E-state index in [1.54, 1.807) is 0 Å². The highest BCUT2D eigenvalue weighted by molar-refractivity contribution is 6.05. The van der Waals surface area contributed by atoms with E-state index in [1.807, 2.05) is 61.5 Å². The molecule has 2 aliphatic rings. The van der Waals surface area contributed by atoms with Gasteiger partial charge < -0.3 is 9.84 Å². The lowest BCUT2D eigenvalue weighted by atomic mass is 9.81. The molecule has 1 aliphatic carbocycles. The molecule has 2 aromatic rings. The molecular weight excluding hydrogens is 378 g/mol. The first-order valence-electron chi connectivity index (χ1n) is 10.8. The molecule has 158 valence electrons. The molecule has 0 spiro atoms. The molecule has 4 atom stereocenters. The minimum absolute atomic E-state index is 0.0000514. The number of aryl methyl sites for hydroxylation is 1. The van der Waals surface area contributed by atoms with E-state index in [1.165, 1.54) is 4.90 Å². The molecule has 1 heterocycles. The summed E-state index contributed by atoms with van der Waals surface area (Å²) >= 11 is 0. The van der Waals surface area contributed by atoms with Crippen LogP contribution in [-0.4, -0.2) is 41.1 Å². The van der Waals surface area contributed by atoms with Crippen LogP contribution in [0.5, 0.6) is 0 Å². The van der Waals surface area contributed by atoms with Crippen molar-refractivity contribution in [2.45, 2.75) is 44.8 Å². The fourth-order valence-corrected chi connectivity index (χ4v) is 4.76. The van der Waals surface area contributed by atoms with Crippen LogP contribution in [0.25, 0.3) is 0 Å². The maximum absolute atomic E-state index is 12.7. The summed E-state index contributed by atoms with van der Waals surface area (Å²) in [5, 5.41) is 10.6. The highest BCUT2D eigenvalue weighted by Crippen LogP contribution is 2.38. The molecule has 5 nitrogen and oxygen atoms in total. The highest BCUT2D eigenvalue weighted by atomic mass is 16.5. The number of hydrogen-bond acceptors (Lipinski definition) is 4. The molecule has 4 rings (SSSR count). The van der Waals surface area contributed by atoms with E-state index in [2.05, 4.69) is 0 Å². The van der Waals surface area contributed by atoms with Crippen LogP contribution in [0.15, 0.2) is 54.6 Å². The number of β-amino-alcohol motifs (C(OH)–C–C–N with tert-alkyl or cyclic N) is 1. The Morgan fingerprint density at radius 1 is 0.967 bits per heavy atom. The Morgan fingerprint density at radius 3 is 2.20 bits per heavy atom. The normalized spacial score (nSPS) is 23.3. The van der Waals surface area contributed by atoms with Crippen LogP contribution in [0.2, 0.25) is 0 Å². The zero-order chi connectivity index (χ0) is 21.1. The van der Waals surface area contributed by atoms with Crippen molar-refractivity contribution in [2.75, 3.05) is 13.2 Å². The molecule has 30 heavy (non-hydrogen) atoms. The summed E-state index contributed by atoms with van der Waals surface area (Å²) in [5.74, 6) is -0.628. The molecule has 0 aromatic heterocycles. The average Bonchev–Trinajstić information content (AvgIpc) is 3.01. The van der Waals surface area contributed by atoms with Crippen molar-refractivity contribution in [3.63, 3.8) is 0 Å². The Morgan fingerprint density at radius 2 is 1.57 bits per heavy atom. The van der Waals surface area contributed by atoms with Crippen molar-refractivity contribution in [1.29, 1.82) is 0 Å². The first-order chi connectivity index (χ1) is 14.6. The predicted molar refractivity (Wildman–Crippen MR) is 114 cm³/mol. The molecule has 2 amide bonds. The van der Waals surface area contributed by atoms with Crippen LogP contribution in [0.1, 0.15) is 48.5 Å². The molecular formula is C25H29NO4. The van der Waals surface area contributed by atoms with Crippen molar-refractivity contribution in [3.8, 4) is 0 Å². The van der Waals surface area contributed by atoms with Gasteiger partial charge in [0, 0.05) is 0 Å². The molecule has 1 N–H and O–H groups in total. The number of nitrogens with zero attached hydrogens (tertiary/aromatic N) is 1. The lowest BCUT2D eigenvalue weighted by Crippen LogP contribution is -2.39. The van der Waals surface area contributed by atoms with Crippen LogP contribution >= 0.6 is 0 Å².